The Hall–Kier alpha value is -3.23. The van der Waals surface area contributed by atoms with Gasteiger partial charge in [-0.25, -0.2) is 9.48 Å². The highest BCUT2D eigenvalue weighted by Crippen LogP contribution is 2.26. The van der Waals surface area contributed by atoms with E-state index in [0.717, 1.165) is 5.56 Å². The summed E-state index contributed by atoms with van der Waals surface area (Å²) in [7, 11) is 1.29. The normalized spacial score (nSPS) is 12.1. The number of nitrogen functional groups attached to an aromatic ring is 1. The number of benzene rings is 1. The lowest BCUT2D eigenvalue weighted by molar-refractivity contribution is -0.144. The van der Waals surface area contributed by atoms with E-state index in [1.165, 1.54) is 11.8 Å². The maximum absolute atomic E-state index is 11.6. The number of rotatable bonds is 4. The fourth-order valence-electron chi connectivity index (χ4n) is 2.03. The Balaban J connectivity index is 1.93. The highest BCUT2D eigenvalue weighted by Gasteiger charge is 2.24. The van der Waals surface area contributed by atoms with E-state index in [9.17, 15) is 4.79 Å². The zero-order valence-corrected chi connectivity index (χ0v) is 12.5. The van der Waals surface area contributed by atoms with Crippen LogP contribution >= 0.6 is 0 Å². The average molecular weight is 314 g/mol. The van der Waals surface area contributed by atoms with Crippen molar-refractivity contribution in [2.45, 2.75) is 13.0 Å². The van der Waals surface area contributed by atoms with Gasteiger partial charge in [-0.1, -0.05) is 40.7 Å². The molecule has 0 spiro atoms. The van der Waals surface area contributed by atoms with Crippen molar-refractivity contribution in [3.8, 4) is 23.0 Å². The summed E-state index contributed by atoms with van der Waals surface area (Å²) in [4.78, 5) is 15.8. The van der Waals surface area contributed by atoms with Gasteiger partial charge in [0.05, 0.1) is 7.11 Å². The van der Waals surface area contributed by atoms with Gasteiger partial charge in [0.15, 0.2) is 17.6 Å². The third kappa shape index (κ3) is 2.63. The van der Waals surface area contributed by atoms with Crippen LogP contribution in [0, 0.1) is 0 Å². The van der Waals surface area contributed by atoms with E-state index in [4.69, 9.17) is 10.3 Å². The van der Waals surface area contributed by atoms with Gasteiger partial charge < -0.3 is 15.0 Å². The summed E-state index contributed by atoms with van der Waals surface area (Å²) in [5.74, 6) is 0.204. The van der Waals surface area contributed by atoms with Crippen LogP contribution in [0.4, 0.5) is 5.82 Å². The smallest absolute Gasteiger partial charge is 0.330 e. The van der Waals surface area contributed by atoms with Gasteiger partial charge in [0.25, 0.3) is 5.89 Å². The molecule has 23 heavy (non-hydrogen) atoms. The number of hydrogen-bond donors (Lipinski definition) is 1. The Morgan fingerprint density at radius 3 is 2.78 bits per heavy atom. The summed E-state index contributed by atoms with van der Waals surface area (Å²) in [5, 5.41) is 11.7. The van der Waals surface area contributed by atoms with Crippen molar-refractivity contribution in [1.82, 2.24) is 25.1 Å². The number of nitrogens with two attached hydrogens (primary N) is 1. The third-order valence-corrected chi connectivity index (χ3v) is 3.30. The van der Waals surface area contributed by atoms with Crippen molar-refractivity contribution in [3.63, 3.8) is 0 Å². The highest BCUT2D eigenvalue weighted by molar-refractivity contribution is 5.75. The summed E-state index contributed by atoms with van der Waals surface area (Å²) in [6.07, 6.45) is 0. The topological polar surface area (TPSA) is 122 Å². The van der Waals surface area contributed by atoms with Crippen molar-refractivity contribution < 1.29 is 14.1 Å². The minimum atomic E-state index is -0.710. The molecule has 0 aliphatic carbocycles. The fourth-order valence-corrected chi connectivity index (χ4v) is 2.03. The molecular formula is C14H14N6O3. The summed E-state index contributed by atoms with van der Waals surface area (Å²) in [6.45, 7) is 1.60. The lowest BCUT2D eigenvalue weighted by Gasteiger charge is -2.09. The number of hydrogen-bond acceptors (Lipinski definition) is 8. The molecule has 1 unspecified atom stereocenters. The highest BCUT2D eigenvalue weighted by atomic mass is 16.5. The van der Waals surface area contributed by atoms with E-state index in [1.807, 2.05) is 30.3 Å². The molecule has 0 radical (unpaired) electrons. The van der Waals surface area contributed by atoms with Crippen LogP contribution in [0.1, 0.15) is 13.0 Å². The number of carbonyl (C=O) groups is 1. The molecule has 1 aromatic carbocycles. The molecule has 0 aliphatic heterocycles. The number of ether oxygens (including phenoxy) is 1. The first-order chi connectivity index (χ1) is 11.1. The average Bonchev–Trinajstić information content (AvgIpc) is 3.21. The van der Waals surface area contributed by atoms with Crippen LogP contribution in [0.5, 0.6) is 0 Å². The Labute approximate surface area is 131 Å². The second-order valence-electron chi connectivity index (χ2n) is 4.76. The first kappa shape index (κ1) is 14.7. The summed E-state index contributed by atoms with van der Waals surface area (Å²) >= 11 is 0. The zero-order chi connectivity index (χ0) is 16.4. The molecule has 0 saturated carbocycles. The molecule has 3 rings (SSSR count). The molecule has 1 atom stereocenters. The Bertz CT molecular complexity index is 826. The quantitative estimate of drug-likeness (QED) is 0.715. The van der Waals surface area contributed by atoms with Crippen molar-refractivity contribution in [1.29, 1.82) is 0 Å². The van der Waals surface area contributed by atoms with E-state index in [2.05, 4.69) is 25.2 Å². The standard InChI is InChI=1S/C14H14N6O3/c1-8(14(21)22-2)20-11(15)10(17-19-20)13-16-12(18-23-13)9-6-4-3-5-7-9/h3-8H,15H2,1-2H3. The Morgan fingerprint density at radius 2 is 2.09 bits per heavy atom. The predicted molar refractivity (Wildman–Crippen MR) is 79.9 cm³/mol. The minimum absolute atomic E-state index is 0.129. The lowest BCUT2D eigenvalue weighted by atomic mass is 10.2. The van der Waals surface area contributed by atoms with Crippen LogP contribution in [0.2, 0.25) is 0 Å². The molecule has 2 heterocycles. The summed E-state index contributed by atoms with van der Waals surface area (Å²) in [6, 6.07) is 8.63. The van der Waals surface area contributed by atoms with Crippen molar-refractivity contribution in [2.75, 3.05) is 12.8 Å². The molecule has 0 saturated heterocycles. The maximum atomic E-state index is 11.6. The van der Waals surface area contributed by atoms with Gasteiger partial charge in [-0.15, -0.1) is 5.10 Å². The van der Waals surface area contributed by atoms with Crippen molar-refractivity contribution >= 4 is 11.8 Å². The number of carbonyl (C=O) groups excluding carboxylic acids is 1. The van der Waals surface area contributed by atoms with Gasteiger partial charge in [0.2, 0.25) is 5.82 Å². The second kappa shape index (κ2) is 5.87. The van der Waals surface area contributed by atoms with E-state index in [-0.39, 0.29) is 17.4 Å². The van der Waals surface area contributed by atoms with Crippen LogP contribution in [-0.4, -0.2) is 38.2 Å². The number of anilines is 1. The monoisotopic (exact) mass is 314 g/mol. The molecule has 0 fully saturated rings. The molecule has 118 valence electrons. The van der Waals surface area contributed by atoms with Gasteiger partial charge in [-0.2, -0.15) is 4.98 Å². The first-order valence-corrected chi connectivity index (χ1v) is 6.79. The van der Waals surface area contributed by atoms with E-state index >= 15 is 0 Å². The number of methoxy groups -OCH3 is 1. The molecule has 0 amide bonds. The van der Waals surface area contributed by atoms with Crippen LogP contribution in [-0.2, 0) is 9.53 Å². The van der Waals surface area contributed by atoms with Gasteiger partial charge >= 0.3 is 5.97 Å². The maximum Gasteiger partial charge on any atom is 0.330 e. The van der Waals surface area contributed by atoms with Crippen LogP contribution in [0.25, 0.3) is 23.0 Å². The van der Waals surface area contributed by atoms with E-state index < -0.39 is 12.0 Å². The Morgan fingerprint density at radius 1 is 1.35 bits per heavy atom. The molecule has 9 nitrogen and oxygen atoms in total. The SMILES string of the molecule is COC(=O)C(C)n1nnc(-c2nc(-c3ccccc3)no2)c1N. The second-order valence-corrected chi connectivity index (χ2v) is 4.76. The third-order valence-electron chi connectivity index (χ3n) is 3.30. The van der Waals surface area contributed by atoms with Crippen LogP contribution in [0.3, 0.4) is 0 Å². The first-order valence-electron chi connectivity index (χ1n) is 6.79. The molecule has 2 N–H and O–H groups in total. The molecule has 3 aromatic rings. The van der Waals surface area contributed by atoms with Crippen LogP contribution in [0.15, 0.2) is 34.9 Å². The van der Waals surface area contributed by atoms with Crippen LogP contribution < -0.4 is 5.73 Å². The van der Waals surface area contributed by atoms with Gasteiger partial charge in [0, 0.05) is 5.56 Å². The fraction of sp³-hybridized carbons (Fsp3) is 0.214. The lowest BCUT2D eigenvalue weighted by Crippen LogP contribution is -2.20. The predicted octanol–water partition coefficient (Wildman–Crippen LogP) is 1.31. The van der Waals surface area contributed by atoms with E-state index in [1.54, 1.807) is 6.92 Å². The molecule has 0 aliphatic rings. The van der Waals surface area contributed by atoms with Gasteiger partial charge in [0.1, 0.15) is 0 Å². The largest absolute Gasteiger partial charge is 0.467 e. The van der Waals surface area contributed by atoms with E-state index in [0.29, 0.717) is 5.82 Å². The molecule has 0 bridgehead atoms. The number of esters is 1. The zero-order valence-electron chi connectivity index (χ0n) is 12.5. The summed E-state index contributed by atoms with van der Waals surface area (Å²) < 4.78 is 11.1. The summed E-state index contributed by atoms with van der Waals surface area (Å²) in [5.41, 5.74) is 7.00. The van der Waals surface area contributed by atoms with Crippen molar-refractivity contribution in [2.24, 2.45) is 0 Å². The Kier molecular flexibility index (Phi) is 3.75. The number of nitrogens with zero attached hydrogens (tertiary/aromatic N) is 5. The van der Waals surface area contributed by atoms with Crippen molar-refractivity contribution in [3.05, 3.63) is 30.3 Å². The molecule has 2 aromatic heterocycles. The molecular weight excluding hydrogens is 300 g/mol. The minimum Gasteiger partial charge on any atom is -0.467 e. The van der Waals surface area contributed by atoms with Gasteiger partial charge in [-0.3, -0.25) is 0 Å². The molecule has 9 heteroatoms. The van der Waals surface area contributed by atoms with Gasteiger partial charge in [-0.05, 0) is 6.92 Å². The number of aromatic nitrogens is 5.